The Morgan fingerprint density at radius 1 is 1.03 bits per heavy atom. The fraction of sp³-hybridized carbons (Fsp3) is 0.600. The van der Waals surface area contributed by atoms with Crippen molar-refractivity contribution in [2.24, 2.45) is 5.92 Å². The Balaban J connectivity index is 1.10. The maximum absolute atomic E-state index is 6.41. The number of methoxy groups -OCH3 is 1. The maximum Gasteiger partial charge on any atom is 0.0944 e. The van der Waals surface area contributed by atoms with Crippen LogP contribution in [0.5, 0.6) is 0 Å². The molecule has 29 heavy (non-hydrogen) atoms. The molecule has 1 aromatic carbocycles. The lowest BCUT2D eigenvalue weighted by atomic mass is 9.80. The number of allylic oxidation sites excluding steroid dienone is 1. The second-order valence-electron chi connectivity index (χ2n) is 9.38. The van der Waals surface area contributed by atoms with Gasteiger partial charge in [-0.25, -0.2) is 0 Å². The first-order chi connectivity index (χ1) is 14.2. The van der Waals surface area contributed by atoms with Gasteiger partial charge in [-0.2, -0.15) is 0 Å². The molecule has 1 N–H and O–H groups in total. The zero-order valence-electron chi connectivity index (χ0n) is 17.8. The van der Waals surface area contributed by atoms with E-state index in [0.29, 0.717) is 24.0 Å². The molecular formula is C25H34N2O2. The number of hydrogen-bond donors (Lipinski definition) is 1. The van der Waals surface area contributed by atoms with Gasteiger partial charge in [0.2, 0.25) is 0 Å². The number of nitrogens with zero attached hydrogens (tertiary/aromatic N) is 1. The number of rotatable bonds is 5. The molecule has 1 aliphatic heterocycles. The number of para-hydroxylation sites is 1. The Morgan fingerprint density at radius 2 is 1.83 bits per heavy atom. The minimum absolute atomic E-state index is 0.328. The lowest BCUT2D eigenvalue weighted by molar-refractivity contribution is -0.116. The summed E-state index contributed by atoms with van der Waals surface area (Å²) >= 11 is 0. The van der Waals surface area contributed by atoms with Gasteiger partial charge in [0.1, 0.15) is 0 Å². The number of aromatic nitrogens is 1. The second kappa shape index (κ2) is 8.16. The van der Waals surface area contributed by atoms with Crippen LogP contribution in [0.15, 0.2) is 42.3 Å². The molecule has 0 amide bonds. The van der Waals surface area contributed by atoms with Gasteiger partial charge in [0, 0.05) is 42.7 Å². The zero-order valence-corrected chi connectivity index (χ0v) is 17.8. The van der Waals surface area contributed by atoms with Crippen molar-refractivity contribution in [3.63, 3.8) is 0 Å². The van der Waals surface area contributed by atoms with Crippen molar-refractivity contribution in [3.05, 3.63) is 47.9 Å². The van der Waals surface area contributed by atoms with E-state index in [0.717, 1.165) is 37.7 Å². The first-order valence-electron chi connectivity index (χ1n) is 11.4. The number of fused-ring (bicyclic) bond motifs is 1. The summed E-state index contributed by atoms with van der Waals surface area (Å²) in [6.07, 6.45) is 12.5. The summed E-state index contributed by atoms with van der Waals surface area (Å²) < 4.78 is 11.9. The molecule has 2 heterocycles. The number of H-pyrrole nitrogens is 1. The van der Waals surface area contributed by atoms with Gasteiger partial charge >= 0.3 is 0 Å². The van der Waals surface area contributed by atoms with E-state index in [2.05, 4.69) is 53.3 Å². The van der Waals surface area contributed by atoms with Crippen molar-refractivity contribution in [3.8, 4) is 0 Å². The van der Waals surface area contributed by atoms with Crippen LogP contribution in [-0.4, -0.2) is 48.3 Å². The minimum Gasteiger partial charge on any atom is -0.501 e. The van der Waals surface area contributed by atoms with Gasteiger partial charge in [0.25, 0.3) is 0 Å². The fourth-order valence-corrected chi connectivity index (χ4v) is 5.74. The summed E-state index contributed by atoms with van der Waals surface area (Å²) in [5.41, 5.74) is 2.80. The molecule has 1 aromatic heterocycles. The Bertz CT molecular complexity index is 859. The zero-order chi connectivity index (χ0) is 19.8. The Hall–Kier alpha value is -1.78. The van der Waals surface area contributed by atoms with Crippen molar-refractivity contribution in [1.29, 1.82) is 0 Å². The van der Waals surface area contributed by atoms with E-state index >= 15 is 0 Å². The number of likely N-dealkylation sites (tertiary alicyclic amines) is 1. The van der Waals surface area contributed by atoms with Gasteiger partial charge in [0.05, 0.1) is 25.1 Å². The number of aromatic amines is 1. The van der Waals surface area contributed by atoms with Crippen LogP contribution in [0.4, 0.5) is 0 Å². The third-order valence-corrected chi connectivity index (χ3v) is 7.33. The van der Waals surface area contributed by atoms with Crippen LogP contribution < -0.4 is 0 Å². The van der Waals surface area contributed by atoms with Crippen LogP contribution in [0.3, 0.4) is 0 Å². The van der Waals surface area contributed by atoms with E-state index in [4.69, 9.17) is 9.47 Å². The van der Waals surface area contributed by atoms with E-state index in [-0.39, 0.29) is 0 Å². The molecular weight excluding hydrogens is 360 g/mol. The molecule has 2 atom stereocenters. The molecule has 0 radical (unpaired) electrons. The van der Waals surface area contributed by atoms with Gasteiger partial charge in [-0.1, -0.05) is 25.1 Å². The first-order valence-corrected chi connectivity index (χ1v) is 11.4. The number of benzene rings is 1. The topological polar surface area (TPSA) is 37.5 Å². The number of hydrogen-bond acceptors (Lipinski definition) is 3. The Labute approximate surface area is 174 Å². The van der Waals surface area contributed by atoms with Crippen molar-refractivity contribution in [2.45, 2.75) is 69.6 Å². The molecule has 2 fully saturated rings. The Kier molecular flexibility index (Phi) is 5.40. The van der Waals surface area contributed by atoms with Gasteiger partial charge in [-0.15, -0.1) is 0 Å². The van der Waals surface area contributed by atoms with Crippen LogP contribution in [-0.2, 0) is 9.47 Å². The SMILES string of the molecule is COC1=CC(C)CC(OC2CN(C3CCC(c4c[nH]c5ccccc45)CC3)C2)C1. The molecule has 1 saturated carbocycles. The van der Waals surface area contributed by atoms with Crippen LogP contribution in [0.2, 0.25) is 0 Å². The monoisotopic (exact) mass is 394 g/mol. The number of ether oxygens (including phenoxy) is 2. The van der Waals surface area contributed by atoms with Crippen molar-refractivity contribution < 1.29 is 9.47 Å². The largest absolute Gasteiger partial charge is 0.501 e. The summed E-state index contributed by atoms with van der Waals surface area (Å²) in [6, 6.07) is 9.46. The predicted octanol–water partition coefficient (Wildman–Crippen LogP) is 5.22. The third kappa shape index (κ3) is 3.97. The van der Waals surface area contributed by atoms with E-state index in [1.807, 2.05) is 0 Å². The average molecular weight is 395 g/mol. The first kappa shape index (κ1) is 19.2. The standard InChI is InChI=1S/C25H34N2O2/c1-17-11-20(28-2)13-21(12-17)29-22-15-27(16-22)19-9-7-18(8-10-19)24-14-26-25-6-4-3-5-23(24)25/h3-6,11,14,17-19,21-22,26H,7-10,12-13,15-16H2,1-2H3. The van der Waals surface area contributed by atoms with E-state index in [9.17, 15) is 0 Å². The summed E-state index contributed by atoms with van der Waals surface area (Å²) in [6.45, 7) is 4.48. The summed E-state index contributed by atoms with van der Waals surface area (Å²) in [7, 11) is 1.78. The van der Waals surface area contributed by atoms with Gasteiger partial charge in [-0.05, 0) is 61.6 Å². The summed E-state index contributed by atoms with van der Waals surface area (Å²) in [4.78, 5) is 6.12. The molecule has 4 heteroatoms. The second-order valence-corrected chi connectivity index (χ2v) is 9.38. The van der Waals surface area contributed by atoms with Gasteiger partial charge in [0.15, 0.2) is 0 Å². The molecule has 2 aliphatic carbocycles. The van der Waals surface area contributed by atoms with Crippen LogP contribution in [0, 0.1) is 5.92 Å². The normalized spacial score (nSPS) is 31.4. The van der Waals surface area contributed by atoms with Crippen LogP contribution in [0.1, 0.15) is 56.9 Å². The lowest BCUT2D eigenvalue weighted by Gasteiger charge is -2.47. The van der Waals surface area contributed by atoms with Gasteiger partial charge < -0.3 is 14.5 Å². The summed E-state index contributed by atoms with van der Waals surface area (Å²) in [5, 5.41) is 1.42. The molecule has 0 spiro atoms. The average Bonchev–Trinajstić information content (AvgIpc) is 3.14. The van der Waals surface area contributed by atoms with Crippen molar-refractivity contribution >= 4 is 10.9 Å². The maximum atomic E-state index is 6.41. The highest BCUT2D eigenvalue weighted by Crippen LogP contribution is 2.39. The fourth-order valence-electron chi connectivity index (χ4n) is 5.74. The van der Waals surface area contributed by atoms with Crippen molar-refractivity contribution in [2.75, 3.05) is 20.2 Å². The minimum atomic E-state index is 0.328. The molecule has 5 rings (SSSR count). The lowest BCUT2D eigenvalue weighted by Crippen LogP contribution is -2.58. The molecule has 3 aliphatic rings. The van der Waals surface area contributed by atoms with E-state index in [1.54, 1.807) is 7.11 Å². The Morgan fingerprint density at radius 3 is 2.62 bits per heavy atom. The van der Waals surface area contributed by atoms with Crippen LogP contribution in [0.25, 0.3) is 10.9 Å². The molecule has 0 bridgehead atoms. The third-order valence-electron chi connectivity index (χ3n) is 7.33. The van der Waals surface area contributed by atoms with Crippen molar-refractivity contribution in [1.82, 2.24) is 9.88 Å². The highest BCUT2D eigenvalue weighted by atomic mass is 16.5. The molecule has 2 unspecified atom stereocenters. The van der Waals surface area contributed by atoms with E-state index in [1.165, 1.54) is 42.1 Å². The molecule has 1 saturated heterocycles. The number of nitrogens with one attached hydrogen (secondary N) is 1. The summed E-state index contributed by atoms with van der Waals surface area (Å²) in [5.74, 6) is 2.36. The molecule has 4 nitrogen and oxygen atoms in total. The molecule has 2 aromatic rings. The smallest absolute Gasteiger partial charge is 0.0944 e. The molecule has 156 valence electrons. The highest BCUT2D eigenvalue weighted by molar-refractivity contribution is 5.83. The highest BCUT2D eigenvalue weighted by Gasteiger charge is 2.37. The van der Waals surface area contributed by atoms with Crippen LogP contribution >= 0.6 is 0 Å². The predicted molar refractivity (Wildman–Crippen MR) is 117 cm³/mol. The quantitative estimate of drug-likeness (QED) is 0.755. The van der Waals surface area contributed by atoms with E-state index < -0.39 is 0 Å². The van der Waals surface area contributed by atoms with Gasteiger partial charge in [-0.3, -0.25) is 4.90 Å².